The normalized spacial score (nSPS) is 16.7. The molecule has 0 bridgehead atoms. The Morgan fingerprint density at radius 2 is 1.86 bits per heavy atom. The molecular formula is C26H26N6O2S. The number of rotatable bonds is 3. The lowest BCUT2D eigenvalue weighted by Crippen LogP contribution is -2.47. The number of piperidine rings is 1. The van der Waals surface area contributed by atoms with Crippen LogP contribution in [0.3, 0.4) is 0 Å². The lowest BCUT2D eigenvalue weighted by molar-refractivity contribution is -0.129. The highest BCUT2D eigenvalue weighted by molar-refractivity contribution is 7.19. The Balaban J connectivity index is 1.42. The van der Waals surface area contributed by atoms with Crippen LogP contribution in [0, 0.1) is 30.6 Å². The molecule has 5 rings (SSSR count). The number of thiazole rings is 1. The molecule has 0 radical (unpaired) electrons. The number of carbonyl (C=O) groups is 2. The number of likely N-dealkylation sites (tertiary alicyclic amines) is 1. The monoisotopic (exact) mass is 486 g/mol. The highest BCUT2D eigenvalue weighted by Crippen LogP contribution is 2.41. The maximum absolute atomic E-state index is 13.1. The summed E-state index contributed by atoms with van der Waals surface area (Å²) in [6.07, 6.45) is 2.20. The molecule has 3 amide bonds. The first-order valence-electron chi connectivity index (χ1n) is 11.7. The molecule has 2 saturated heterocycles. The van der Waals surface area contributed by atoms with E-state index in [1.807, 2.05) is 44.2 Å². The Bertz CT molecular complexity index is 1330. The molecule has 2 N–H and O–H groups in total. The fraction of sp³-hybridized carbons (Fsp3) is 0.346. The molecular weight excluding hydrogens is 460 g/mol. The zero-order valence-electron chi connectivity index (χ0n) is 19.7. The van der Waals surface area contributed by atoms with Gasteiger partial charge in [-0.05, 0) is 62.9 Å². The molecule has 9 heteroatoms. The van der Waals surface area contributed by atoms with E-state index < -0.39 is 0 Å². The maximum Gasteiger partial charge on any atom is 0.323 e. The molecule has 0 unspecified atom stereocenters. The highest BCUT2D eigenvalue weighted by atomic mass is 32.1. The molecule has 2 aliphatic heterocycles. The van der Waals surface area contributed by atoms with Crippen molar-refractivity contribution in [3.63, 3.8) is 0 Å². The maximum atomic E-state index is 13.1. The van der Waals surface area contributed by atoms with Crippen LogP contribution in [-0.4, -0.2) is 46.4 Å². The van der Waals surface area contributed by atoms with Crippen molar-refractivity contribution in [1.29, 1.82) is 5.26 Å². The third-order valence-electron chi connectivity index (χ3n) is 6.83. The first-order chi connectivity index (χ1) is 16.9. The van der Waals surface area contributed by atoms with Gasteiger partial charge in [-0.1, -0.05) is 23.5 Å². The number of anilines is 1. The van der Waals surface area contributed by atoms with Gasteiger partial charge in [-0.25, -0.2) is 9.78 Å². The molecule has 1 spiro atoms. The second kappa shape index (κ2) is 9.12. The Morgan fingerprint density at radius 3 is 2.51 bits per heavy atom. The molecule has 2 aliphatic rings. The number of pyridine rings is 1. The smallest absolute Gasteiger partial charge is 0.323 e. The predicted molar refractivity (Wildman–Crippen MR) is 135 cm³/mol. The average molecular weight is 487 g/mol. The van der Waals surface area contributed by atoms with E-state index in [-0.39, 0.29) is 17.4 Å². The number of aromatic nitrogens is 2. The van der Waals surface area contributed by atoms with E-state index >= 15 is 0 Å². The second-order valence-corrected chi connectivity index (χ2v) is 10.2. The van der Waals surface area contributed by atoms with E-state index in [1.165, 1.54) is 11.3 Å². The zero-order chi connectivity index (χ0) is 24.6. The quantitative estimate of drug-likeness (QED) is 0.566. The van der Waals surface area contributed by atoms with Gasteiger partial charge in [0.05, 0.1) is 27.6 Å². The second-order valence-electron chi connectivity index (χ2n) is 9.23. The van der Waals surface area contributed by atoms with Crippen LogP contribution in [0.4, 0.5) is 9.93 Å². The summed E-state index contributed by atoms with van der Waals surface area (Å²) in [5.41, 5.74) is 4.52. The minimum atomic E-state index is -0.318. The van der Waals surface area contributed by atoms with Crippen molar-refractivity contribution in [1.82, 2.24) is 20.2 Å². The highest BCUT2D eigenvalue weighted by Gasteiger charge is 2.45. The molecule has 178 valence electrons. The van der Waals surface area contributed by atoms with Gasteiger partial charge in [-0.15, -0.1) is 0 Å². The fourth-order valence-corrected chi connectivity index (χ4v) is 5.93. The van der Waals surface area contributed by atoms with Crippen LogP contribution in [0.5, 0.6) is 0 Å². The molecule has 3 aromatic rings. The summed E-state index contributed by atoms with van der Waals surface area (Å²) in [4.78, 5) is 37.3. The first-order valence-corrected chi connectivity index (χ1v) is 12.5. The predicted octanol–water partition coefficient (Wildman–Crippen LogP) is 4.49. The molecule has 1 aromatic carbocycles. The number of nitrogens with zero attached hydrogens (tertiary/aromatic N) is 4. The van der Waals surface area contributed by atoms with E-state index in [9.17, 15) is 14.9 Å². The number of benzene rings is 1. The van der Waals surface area contributed by atoms with Gasteiger partial charge in [0.1, 0.15) is 0 Å². The summed E-state index contributed by atoms with van der Waals surface area (Å²) in [6, 6.07) is 13.3. The Morgan fingerprint density at radius 1 is 1.11 bits per heavy atom. The van der Waals surface area contributed by atoms with Gasteiger partial charge in [0.15, 0.2) is 5.13 Å². The van der Waals surface area contributed by atoms with Gasteiger partial charge in [0.2, 0.25) is 5.91 Å². The van der Waals surface area contributed by atoms with Gasteiger partial charge in [0.25, 0.3) is 0 Å². The lowest BCUT2D eigenvalue weighted by atomic mass is 9.77. The van der Waals surface area contributed by atoms with E-state index in [1.54, 1.807) is 11.0 Å². The van der Waals surface area contributed by atoms with Gasteiger partial charge in [0, 0.05) is 36.6 Å². The minimum Gasteiger partial charge on any atom is -0.356 e. The number of nitriles is 1. The Labute approximate surface area is 208 Å². The Kier molecular flexibility index (Phi) is 5.99. The van der Waals surface area contributed by atoms with E-state index in [0.29, 0.717) is 42.3 Å². The van der Waals surface area contributed by atoms with Crippen molar-refractivity contribution in [2.24, 2.45) is 5.41 Å². The molecule has 8 nitrogen and oxygen atoms in total. The van der Waals surface area contributed by atoms with Gasteiger partial charge >= 0.3 is 6.03 Å². The van der Waals surface area contributed by atoms with Crippen LogP contribution < -0.4 is 10.6 Å². The molecule has 2 aromatic heterocycles. The minimum absolute atomic E-state index is 0.120. The van der Waals surface area contributed by atoms with Crippen molar-refractivity contribution >= 4 is 28.4 Å². The average Bonchev–Trinajstić information content (AvgIpc) is 3.42. The number of amides is 3. The summed E-state index contributed by atoms with van der Waals surface area (Å²) in [5, 5.41) is 15.8. The SMILES string of the molecule is Cc1cc(-c2sc(NC(=O)N3CCC4(CCNC4=O)CC3)nc2-c2cccc(C#N)c2)cc(C)n1. The molecule has 0 aliphatic carbocycles. The number of carbonyl (C=O) groups excluding carboxylic acids is 2. The molecule has 0 atom stereocenters. The van der Waals surface area contributed by atoms with Crippen molar-refractivity contribution < 1.29 is 9.59 Å². The molecule has 4 heterocycles. The van der Waals surface area contributed by atoms with E-state index in [2.05, 4.69) is 21.7 Å². The zero-order valence-corrected chi connectivity index (χ0v) is 20.5. The Hall–Kier alpha value is -3.77. The van der Waals surface area contributed by atoms with Crippen LogP contribution in [-0.2, 0) is 4.79 Å². The summed E-state index contributed by atoms with van der Waals surface area (Å²) >= 11 is 1.41. The van der Waals surface area contributed by atoms with Crippen LogP contribution in [0.1, 0.15) is 36.2 Å². The topological polar surface area (TPSA) is 111 Å². The van der Waals surface area contributed by atoms with Crippen LogP contribution in [0.25, 0.3) is 21.7 Å². The standard InChI is InChI=1S/C26H26N6O2S/c1-16-12-20(13-17(2)29-16)22-21(19-5-3-4-18(14-19)15-27)30-24(35-22)31-25(34)32-10-7-26(8-11-32)6-9-28-23(26)33/h3-5,12-14H,6-11H2,1-2H3,(H,28,33)(H,30,31,34). The number of urea groups is 1. The third-order valence-corrected chi connectivity index (χ3v) is 7.85. The van der Waals surface area contributed by atoms with Crippen LogP contribution >= 0.6 is 11.3 Å². The van der Waals surface area contributed by atoms with E-state index in [4.69, 9.17) is 4.98 Å². The first kappa shape index (κ1) is 23.0. The van der Waals surface area contributed by atoms with Crippen molar-refractivity contribution in [2.45, 2.75) is 33.1 Å². The summed E-state index contributed by atoms with van der Waals surface area (Å²) in [5.74, 6) is 0.120. The fourth-order valence-electron chi connectivity index (χ4n) is 4.97. The van der Waals surface area contributed by atoms with E-state index in [0.717, 1.165) is 40.4 Å². The molecule has 0 saturated carbocycles. The summed E-state index contributed by atoms with van der Waals surface area (Å²) < 4.78 is 0. The third kappa shape index (κ3) is 4.49. The van der Waals surface area contributed by atoms with Gasteiger partial charge in [-0.2, -0.15) is 5.26 Å². The summed E-state index contributed by atoms with van der Waals surface area (Å²) in [7, 11) is 0. The number of hydrogen-bond donors (Lipinski definition) is 2. The summed E-state index contributed by atoms with van der Waals surface area (Å²) in [6.45, 7) is 5.69. The van der Waals surface area contributed by atoms with Crippen molar-refractivity contribution in [2.75, 3.05) is 25.0 Å². The number of nitrogens with one attached hydrogen (secondary N) is 2. The van der Waals surface area contributed by atoms with Crippen LogP contribution in [0.15, 0.2) is 36.4 Å². The number of aryl methyl sites for hydroxylation is 2. The van der Waals surface area contributed by atoms with Gasteiger partial charge in [-0.3, -0.25) is 15.1 Å². The molecule has 2 fully saturated rings. The van der Waals surface area contributed by atoms with Crippen molar-refractivity contribution in [3.05, 3.63) is 53.3 Å². The lowest BCUT2D eigenvalue weighted by Gasteiger charge is -2.37. The van der Waals surface area contributed by atoms with Crippen LogP contribution in [0.2, 0.25) is 0 Å². The van der Waals surface area contributed by atoms with Gasteiger partial charge < -0.3 is 10.2 Å². The largest absolute Gasteiger partial charge is 0.356 e. The molecule has 35 heavy (non-hydrogen) atoms. The number of hydrogen-bond acceptors (Lipinski definition) is 6. The van der Waals surface area contributed by atoms with Crippen molar-refractivity contribution in [3.8, 4) is 27.8 Å².